The van der Waals surface area contributed by atoms with E-state index in [9.17, 15) is 9.18 Å². The molecule has 2 aromatic carbocycles. The fourth-order valence-electron chi connectivity index (χ4n) is 2.60. The summed E-state index contributed by atoms with van der Waals surface area (Å²) in [6.45, 7) is 0. The monoisotopic (exact) mass is 321 g/mol. The van der Waals surface area contributed by atoms with Crippen LogP contribution in [-0.4, -0.2) is 21.7 Å². The second kappa shape index (κ2) is 5.92. The smallest absolute Gasteiger partial charge is 0.270 e. The maximum absolute atomic E-state index is 14.1. The first-order chi connectivity index (χ1) is 11.7. The molecule has 1 heterocycles. The van der Waals surface area contributed by atoms with Crippen molar-refractivity contribution in [1.29, 1.82) is 0 Å². The maximum Gasteiger partial charge on any atom is 0.270 e. The largest absolute Gasteiger partial charge is 0.348 e. The second-order valence-corrected chi connectivity index (χ2v) is 5.89. The standard InChI is InChI=1S/C19H16FN3O/c20-16-9-5-4-8-15(16)17-12-18(19(24)21-13-10-11-13)23(22-17)14-6-2-1-3-7-14/h1-9,12-13H,10-11H2,(H,21,24). The molecule has 1 aromatic heterocycles. The molecule has 0 saturated heterocycles. The zero-order valence-corrected chi connectivity index (χ0v) is 12.9. The van der Waals surface area contributed by atoms with E-state index in [1.807, 2.05) is 30.3 Å². The van der Waals surface area contributed by atoms with E-state index in [0.29, 0.717) is 17.0 Å². The molecule has 0 radical (unpaired) electrons. The predicted molar refractivity (Wildman–Crippen MR) is 89.4 cm³/mol. The summed E-state index contributed by atoms with van der Waals surface area (Å²) in [7, 11) is 0. The van der Waals surface area contributed by atoms with Crippen molar-refractivity contribution in [3.05, 3.63) is 72.2 Å². The Bertz CT molecular complexity index is 885. The van der Waals surface area contributed by atoms with Crippen LogP contribution in [0, 0.1) is 5.82 Å². The molecular weight excluding hydrogens is 305 g/mol. The Morgan fingerprint density at radius 1 is 1.08 bits per heavy atom. The Hall–Kier alpha value is -2.95. The number of para-hydroxylation sites is 1. The molecule has 0 atom stereocenters. The Labute approximate surface area is 138 Å². The summed E-state index contributed by atoms with van der Waals surface area (Å²) in [6.07, 6.45) is 2.01. The van der Waals surface area contributed by atoms with Crippen LogP contribution in [0.25, 0.3) is 16.9 Å². The molecule has 0 aliphatic heterocycles. The van der Waals surface area contributed by atoms with E-state index in [-0.39, 0.29) is 17.8 Å². The maximum atomic E-state index is 14.1. The number of carbonyl (C=O) groups is 1. The highest BCUT2D eigenvalue weighted by Gasteiger charge is 2.26. The van der Waals surface area contributed by atoms with Gasteiger partial charge in [0, 0.05) is 11.6 Å². The van der Waals surface area contributed by atoms with Gasteiger partial charge in [-0.1, -0.05) is 30.3 Å². The first-order valence-electron chi connectivity index (χ1n) is 7.93. The lowest BCUT2D eigenvalue weighted by atomic mass is 10.1. The van der Waals surface area contributed by atoms with Crippen molar-refractivity contribution in [3.63, 3.8) is 0 Å². The number of halogens is 1. The van der Waals surface area contributed by atoms with Crippen LogP contribution in [0.2, 0.25) is 0 Å². The Morgan fingerprint density at radius 3 is 2.50 bits per heavy atom. The Balaban J connectivity index is 1.81. The number of aromatic nitrogens is 2. The third kappa shape index (κ3) is 2.80. The number of hydrogen-bond acceptors (Lipinski definition) is 2. The van der Waals surface area contributed by atoms with E-state index in [2.05, 4.69) is 10.4 Å². The van der Waals surface area contributed by atoms with Gasteiger partial charge in [0.05, 0.1) is 11.4 Å². The van der Waals surface area contributed by atoms with E-state index in [4.69, 9.17) is 0 Å². The molecule has 0 unspecified atom stereocenters. The van der Waals surface area contributed by atoms with Gasteiger partial charge in [-0.2, -0.15) is 5.10 Å². The van der Waals surface area contributed by atoms with Crippen LogP contribution in [-0.2, 0) is 0 Å². The van der Waals surface area contributed by atoms with Gasteiger partial charge in [0.1, 0.15) is 11.5 Å². The van der Waals surface area contributed by atoms with Crippen LogP contribution in [0.3, 0.4) is 0 Å². The summed E-state index contributed by atoms with van der Waals surface area (Å²) < 4.78 is 15.7. The van der Waals surface area contributed by atoms with Crippen LogP contribution in [0.15, 0.2) is 60.7 Å². The molecule has 1 N–H and O–H groups in total. The van der Waals surface area contributed by atoms with Gasteiger partial charge in [0.15, 0.2) is 0 Å². The molecule has 1 aliphatic carbocycles. The zero-order chi connectivity index (χ0) is 16.5. The van der Waals surface area contributed by atoms with Crippen molar-refractivity contribution in [2.75, 3.05) is 0 Å². The minimum atomic E-state index is -0.357. The summed E-state index contributed by atoms with van der Waals surface area (Å²) in [5, 5.41) is 7.44. The zero-order valence-electron chi connectivity index (χ0n) is 12.9. The normalized spacial score (nSPS) is 13.7. The number of nitrogens with zero attached hydrogens (tertiary/aromatic N) is 2. The highest BCUT2D eigenvalue weighted by atomic mass is 19.1. The predicted octanol–water partition coefficient (Wildman–Crippen LogP) is 3.57. The van der Waals surface area contributed by atoms with Crippen LogP contribution < -0.4 is 5.32 Å². The van der Waals surface area contributed by atoms with Crippen molar-refractivity contribution in [2.24, 2.45) is 0 Å². The summed E-state index contributed by atoms with van der Waals surface area (Å²) in [5.74, 6) is -0.541. The number of hydrogen-bond donors (Lipinski definition) is 1. The molecule has 1 fully saturated rings. The lowest BCUT2D eigenvalue weighted by Gasteiger charge is -2.07. The lowest BCUT2D eigenvalue weighted by Crippen LogP contribution is -2.27. The number of amides is 1. The van der Waals surface area contributed by atoms with Crippen molar-refractivity contribution in [2.45, 2.75) is 18.9 Å². The molecule has 24 heavy (non-hydrogen) atoms. The van der Waals surface area contributed by atoms with Gasteiger partial charge in [-0.15, -0.1) is 0 Å². The summed E-state index contributed by atoms with van der Waals surface area (Å²) in [6, 6.07) is 17.7. The Morgan fingerprint density at radius 2 is 1.79 bits per heavy atom. The highest BCUT2D eigenvalue weighted by molar-refractivity contribution is 5.94. The van der Waals surface area contributed by atoms with Crippen molar-refractivity contribution < 1.29 is 9.18 Å². The first-order valence-corrected chi connectivity index (χ1v) is 7.93. The average Bonchev–Trinajstić information content (AvgIpc) is 3.31. The van der Waals surface area contributed by atoms with E-state index < -0.39 is 0 Å². The van der Waals surface area contributed by atoms with Gasteiger partial charge in [-0.05, 0) is 43.2 Å². The van der Waals surface area contributed by atoms with Crippen molar-refractivity contribution >= 4 is 5.91 Å². The number of nitrogens with one attached hydrogen (secondary N) is 1. The molecule has 4 rings (SSSR count). The lowest BCUT2D eigenvalue weighted by molar-refractivity contribution is 0.0943. The molecular formula is C19H16FN3O. The molecule has 120 valence electrons. The topological polar surface area (TPSA) is 46.9 Å². The third-order valence-corrected chi connectivity index (χ3v) is 4.01. The third-order valence-electron chi connectivity index (χ3n) is 4.01. The molecule has 1 saturated carbocycles. The minimum absolute atomic E-state index is 0.184. The average molecular weight is 321 g/mol. The van der Waals surface area contributed by atoms with E-state index in [1.165, 1.54) is 6.07 Å². The van der Waals surface area contributed by atoms with E-state index in [0.717, 1.165) is 18.5 Å². The number of rotatable bonds is 4. The first kappa shape index (κ1) is 14.6. The second-order valence-electron chi connectivity index (χ2n) is 5.89. The summed E-state index contributed by atoms with van der Waals surface area (Å²) in [5.41, 5.74) is 2.00. The molecule has 1 amide bonds. The van der Waals surface area contributed by atoms with Crippen molar-refractivity contribution in [3.8, 4) is 16.9 Å². The van der Waals surface area contributed by atoms with Gasteiger partial charge in [0.2, 0.25) is 0 Å². The van der Waals surface area contributed by atoms with Crippen LogP contribution in [0.1, 0.15) is 23.3 Å². The summed E-state index contributed by atoms with van der Waals surface area (Å²) in [4.78, 5) is 12.6. The highest BCUT2D eigenvalue weighted by Crippen LogP contribution is 2.25. The molecule has 4 nitrogen and oxygen atoms in total. The molecule has 1 aliphatic rings. The van der Waals surface area contributed by atoms with Gasteiger partial charge in [-0.3, -0.25) is 4.79 Å². The van der Waals surface area contributed by atoms with E-state index >= 15 is 0 Å². The van der Waals surface area contributed by atoms with Crippen molar-refractivity contribution in [1.82, 2.24) is 15.1 Å². The van der Waals surface area contributed by atoms with E-state index in [1.54, 1.807) is 28.9 Å². The van der Waals surface area contributed by atoms with Gasteiger partial charge < -0.3 is 5.32 Å². The molecule has 0 bridgehead atoms. The SMILES string of the molecule is O=C(NC1CC1)c1cc(-c2ccccc2F)nn1-c1ccccc1. The van der Waals surface area contributed by atoms with Crippen LogP contribution >= 0.6 is 0 Å². The molecule has 5 heteroatoms. The van der Waals surface area contributed by atoms with Crippen LogP contribution in [0.5, 0.6) is 0 Å². The fourth-order valence-corrected chi connectivity index (χ4v) is 2.60. The molecule has 3 aromatic rings. The Kier molecular flexibility index (Phi) is 3.61. The molecule has 0 spiro atoms. The van der Waals surface area contributed by atoms with Gasteiger partial charge in [0.25, 0.3) is 5.91 Å². The number of carbonyl (C=O) groups excluding carboxylic acids is 1. The number of benzene rings is 2. The van der Waals surface area contributed by atoms with Crippen LogP contribution in [0.4, 0.5) is 4.39 Å². The summed E-state index contributed by atoms with van der Waals surface area (Å²) >= 11 is 0. The minimum Gasteiger partial charge on any atom is -0.348 e. The van der Waals surface area contributed by atoms with Gasteiger partial charge in [-0.25, -0.2) is 9.07 Å². The van der Waals surface area contributed by atoms with Gasteiger partial charge >= 0.3 is 0 Å². The quantitative estimate of drug-likeness (QED) is 0.798. The fraction of sp³-hybridized carbons (Fsp3) is 0.158.